The monoisotopic (exact) mass is 327 g/mol. The fourth-order valence-electron chi connectivity index (χ4n) is 2.14. The van der Waals surface area contributed by atoms with Crippen molar-refractivity contribution in [1.82, 2.24) is 20.9 Å². The van der Waals surface area contributed by atoms with Crippen molar-refractivity contribution in [3.8, 4) is 0 Å². The van der Waals surface area contributed by atoms with Crippen LogP contribution in [0.5, 0.6) is 0 Å². The van der Waals surface area contributed by atoms with Crippen LogP contribution in [0.15, 0.2) is 4.99 Å². The number of nitrogens with zero attached hydrogens (tertiary/aromatic N) is 2. The highest BCUT2D eigenvalue weighted by Crippen LogP contribution is 2.02. The molecule has 0 saturated heterocycles. The van der Waals surface area contributed by atoms with Crippen LogP contribution < -0.4 is 16.0 Å². The average molecular weight is 328 g/mol. The van der Waals surface area contributed by atoms with E-state index in [1.165, 1.54) is 32.2 Å². The lowest BCUT2D eigenvalue weighted by Gasteiger charge is -2.21. The fraction of sp³-hybridized carbons (Fsp3) is 0.882. The lowest BCUT2D eigenvalue weighted by Crippen LogP contribution is -2.48. The summed E-state index contributed by atoms with van der Waals surface area (Å²) in [5.74, 6) is 0.656. The van der Waals surface area contributed by atoms with Crippen molar-refractivity contribution in [3.05, 3.63) is 0 Å². The Labute approximate surface area is 142 Å². The molecule has 23 heavy (non-hydrogen) atoms. The molecule has 0 unspecified atom stereocenters. The Kier molecular flexibility index (Phi) is 11.5. The lowest BCUT2D eigenvalue weighted by molar-refractivity contribution is -0.121. The van der Waals surface area contributed by atoms with E-state index in [0.29, 0.717) is 5.96 Å². The maximum atomic E-state index is 11.7. The van der Waals surface area contributed by atoms with Gasteiger partial charge in [0.1, 0.15) is 0 Å². The molecule has 3 N–H and O–H groups in total. The van der Waals surface area contributed by atoms with E-state index in [4.69, 9.17) is 0 Å². The van der Waals surface area contributed by atoms with Gasteiger partial charge in [-0.25, -0.2) is 0 Å². The molecule has 1 amide bonds. The van der Waals surface area contributed by atoms with E-state index in [1.807, 2.05) is 20.8 Å². The Balaban J connectivity index is 3.66. The standard InChI is InChI=1S/C17H37N5O/c1-17(2,3)21-15(23)14-20-16(18-4)19-12-10-8-7-9-11-13-22(5)6/h7-14H2,1-6H3,(H,21,23)(H2,18,19,20). The molecule has 0 aliphatic heterocycles. The van der Waals surface area contributed by atoms with Gasteiger partial charge in [-0.15, -0.1) is 0 Å². The van der Waals surface area contributed by atoms with Crippen LogP contribution in [-0.4, -0.2) is 63.1 Å². The Morgan fingerprint density at radius 2 is 1.61 bits per heavy atom. The predicted octanol–water partition coefficient (Wildman–Crippen LogP) is 1.58. The summed E-state index contributed by atoms with van der Waals surface area (Å²) in [6, 6.07) is 0. The Bertz CT molecular complexity index is 347. The third-order valence-corrected chi connectivity index (χ3v) is 3.23. The number of aliphatic imine (C=N–C) groups is 1. The minimum atomic E-state index is -0.206. The predicted molar refractivity (Wildman–Crippen MR) is 98.9 cm³/mol. The molecule has 0 aliphatic rings. The number of guanidine groups is 1. The minimum absolute atomic E-state index is 0.0265. The highest BCUT2D eigenvalue weighted by molar-refractivity contribution is 5.86. The number of nitrogens with one attached hydrogen (secondary N) is 3. The molecule has 6 nitrogen and oxygen atoms in total. The molecule has 0 heterocycles. The normalized spacial score (nSPS) is 12.4. The van der Waals surface area contributed by atoms with Gasteiger partial charge in [-0.2, -0.15) is 0 Å². The van der Waals surface area contributed by atoms with Crippen LogP contribution in [0.4, 0.5) is 0 Å². The number of hydrogen-bond donors (Lipinski definition) is 3. The molecule has 0 rings (SSSR count). The number of carbonyl (C=O) groups excluding carboxylic acids is 1. The molecule has 0 aliphatic carbocycles. The van der Waals surface area contributed by atoms with Gasteiger partial charge < -0.3 is 20.9 Å². The van der Waals surface area contributed by atoms with E-state index in [2.05, 4.69) is 39.9 Å². The number of rotatable bonds is 10. The van der Waals surface area contributed by atoms with Gasteiger partial charge in [0.2, 0.25) is 5.91 Å². The molecule has 0 spiro atoms. The third-order valence-electron chi connectivity index (χ3n) is 3.23. The second-order valence-electron chi connectivity index (χ2n) is 7.22. The minimum Gasteiger partial charge on any atom is -0.356 e. The summed E-state index contributed by atoms with van der Waals surface area (Å²) >= 11 is 0. The van der Waals surface area contributed by atoms with E-state index >= 15 is 0 Å². The van der Waals surface area contributed by atoms with Gasteiger partial charge in [0, 0.05) is 19.1 Å². The van der Waals surface area contributed by atoms with Crippen LogP contribution >= 0.6 is 0 Å². The summed E-state index contributed by atoms with van der Waals surface area (Å²) in [4.78, 5) is 18.1. The van der Waals surface area contributed by atoms with Crippen molar-refractivity contribution >= 4 is 11.9 Å². The van der Waals surface area contributed by atoms with Crippen LogP contribution in [-0.2, 0) is 4.79 Å². The number of carbonyl (C=O) groups is 1. The van der Waals surface area contributed by atoms with Crippen molar-refractivity contribution in [2.45, 2.75) is 58.4 Å². The van der Waals surface area contributed by atoms with Crippen LogP contribution in [0.1, 0.15) is 52.9 Å². The fourth-order valence-corrected chi connectivity index (χ4v) is 2.14. The first-order valence-electron chi connectivity index (χ1n) is 8.65. The van der Waals surface area contributed by atoms with Gasteiger partial charge in [-0.1, -0.05) is 19.3 Å². The molecule has 6 heteroatoms. The van der Waals surface area contributed by atoms with Crippen molar-refractivity contribution in [1.29, 1.82) is 0 Å². The summed E-state index contributed by atoms with van der Waals surface area (Å²) in [5, 5.41) is 9.20. The Morgan fingerprint density at radius 3 is 2.17 bits per heavy atom. The molecule has 0 radical (unpaired) electrons. The SMILES string of the molecule is CN=C(NCCCCCCCN(C)C)NCC(=O)NC(C)(C)C. The van der Waals surface area contributed by atoms with Gasteiger partial charge in [0.25, 0.3) is 0 Å². The van der Waals surface area contributed by atoms with Crippen molar-refractivity contribution in [2.24, 2.45) is 4.99 Å². The first-order valence-corrected chi connectivity index (χ1v) is 8.65. The highest BCUT2D eigenvalue weighted by atomic mass is 16.2. The van der Waals surface area contributed by atoms with Gasteiger partial charge in [-0.3, -0.25) is 9.79 Å². The van der Waals surface area contributed by atoms with Gasteiger partial charge >= 0.3 is 0 Å². The molecular weight excluding hydrogens is 290 g/mol. The van der Waals surface area contributed by atoms with Crippen molar-refractivity contribution in [3.63, 3.8) is 0 Å². The van der Waals surface area contributed by atoms with Gasteiger partial charge in [0.15, 0.2) is 5.96 Å². The van der Waals surface area contributed by atoms with Crippen molar-refractivity contribution < 1.29 is 4.79 Å². The topological polar surface area (TPSA) is 68.8 Å². The van der Waals surface area contributed by atoms with E-state index in [-0.39, 0.29) is 18.0 Å². The second kappa shape index (κ2) is 12.2. The molecule has 0 aromatic carbocycles. The lowest BCUT2D eigenvalue weighted by atomic mass is 10.1. The zero-order valence-corrected chi connectivity index (χ0v) is 16.0. The Hall–Kier alpha value is -1.30. The third kappa shape index (κ3) is 15.4. The molecule has 0 saturated carbocycles. The number of hydrogen-bond acceptors (Lipinski definition) is 3. The second-order valence-corrected chi connectivity index (χ2v) is 7.22. The summed E-state index contributed by atoms with van der Waals surface area (Å²) in [5.41, 5.74) is -0.206. The van der Waals surface area contributed by atoms with Crippen LogP contribution in [0.2, 0.25) is 0 Å². The summed E-state index contributed by atoms with van der Waals surface area (Å²) in [6.07, 6.45) is 6.18. The molecule has 0 aromatic heterocycles. The van der Waals surface area contributed by atoms with E-state index in [0.717, 1.165) is 13.0 Å². The van der Waals surface area contributed by atoms with Crippen LogP contribution in [0, 0.1) is 0 Å². The summed E-state index contributed by atoms with van der Waals surface area (Å²) in [6.45, 7) is 8.20. The molecule has 0 fully saturated rings. The van der Waals surface area contributed by atoms with Gasteiger partial charge in [0.05, 0.1) is 6.54 Å². The maximum Gasteiger partial charge on any atom is 0.239 e. The average Bonchev–Trinajstić information content (AvgIpc) is 2.42. The first kappa shape index (κ1) is 21.7. The van der Waals surface area contributed by atoms with E-state index in [1.54, 1.807) is 7.05 Å². The molecule has 136 valence electrons. The smallest absolute Gasteiger partial charge is 0.239 e. The number of amides is 1. The molecular formula is C17H37N5O. The van der Waals surface area contributed by atoms with E-state index in [9.17, 15) is 4.79 Å². The number of unbranched alkanes of at least 4 members (excludes halogenated alkanes) is 4. The molecule has 0 atom stereocenters. The Morgan fingerprint density at radius 1 is 1.00 bits per heavy atom. The van der Waals surface area contributed by atoms with Crippen LogP contribution in [0.25, 0.3) is 0 Å². The van der Waals surface area contributed by atoms with Crippen LogP contribution in [0.3, 0.4) is 0 Å². The highest BCUT2D eigenvalue weighted by Gasteiger charge is 2.13. The van der Waals surface area contributed by atoms with E-state index < -0.39 is 0 Å². The zero-order valence-electron chi connectivity index (χ0n) is 16.0. The zero-order chi connectivity index (χ0) is 17.7. The van der Waals surface area contributed by atoms with Crippen molar-refractivity contribution in [2.75, 3.05) is 40.8 Å². The molecule has 0 aromatic rings. The first-order chi connectivity index (χ1) is 10.7. The summed E-state index contributed by atoms with van der Waals surface area (Å²) < 4.78 is 0. The summed E-state index contributed by atoms with van der Waals surface area (Å²) in [7, 11) is 5.95. The largest absolute Gasteiger partial charge is 0.356 e. The molecule has 0 bridgehead atoms. The quantitative estimate of drug-likeness (QED) is 0.324. The van der Waals surface area contributed by atoms with Gasteiger partial charge in [-0.05, 0) is 54.3 Å². The maximum absolute atomic E-state index is 11.7.